The zero-order valence-electron chi connectivity index (χ0n) is 20.8. The lowest BCUT2D eigenvalue weighted by Gasteiger charge is -2.37. The molecule has 2 aromatic heterocycles. The number of carbonyl (C=O) groups is 2. The molecule has 2 aliphatic rings. The molecule has 1 saturated heterocycles. The Balaban J connectivity index is 1.53. The number of fused-ring (bicyclic) bond motifs is 1. The Morgan fingerprint density at radius 2 is 1.75 bits per heavy atom. The topological polar surface area (TPSA) is 85.0 Å². The minimum absolute atomic E-state index is 0.0946. The third kappa shape index (κ3) is 4.64. The van der Waals surface area contributed by atoms with Gasteiger partial charge in [-0.05, 0) is 43.9 Å². The van der Waals surface area contributed by atoms with Crippen LogP contribution in [-0.4, -0.2) is 54.1 Å². The summed E-state index contributed by atoms with van der Waals surface area (Å²) in [4.78, 5) is 43.7. The van der Waals surface area contributed by atoms with E-state index in [1.54, 1.807) is 28.5 Å². The van der Waals surface area contributed by atoms with Gasteiger partial charge in [-0.1, -0.05) is 37.5 Å². The molecule has 190 valence electrons. The summed E-state index contributed by atoms with van der Waals surface area (Å²) in [5, 5.41) is 0.863. The SMILES string of the molecule is CCOC(=O)c1c(N2CCN(C(=O)c3ccco3)CC2)c2ccccc2n(CC2CCCCC2)c1=O. The number of amides is 1. The summed E-state index contributed by atoms with van der Waals surface area (Å²) in [6.45, 7) is 4.46. The van der Waals surface area contributed by atoms with Crippen molar-refractivity contribution in [2.75, 3.05) is 37.7 Å². The van der Waals surface area contributed by atoms with Crippen molar-refractivity contribution in [2.24, 2.45) is 5.92 Å². The van der Waals surface area contributed by atoms with Crippen LogP contribution in [0.3, 0.4) is 0 Å². The van der Waals surface area contributed by atoms with Crippen molar-refractivity contribution in [3.05, 3.63) is 64.3 Å². The molecule has 1 amide bonds. The number of anilines is 1. The van der Waals surface area contributed by atoms with Crippen molar-refractivity contribution in [1.82, 2.24) is 9.47 Å². The Morgan fingerprint density at radius 3 is 2.44 bits per heavy atom. The summed E-state index contributed by atoms with van der Waals surface area (Å²) < 4.78 is 12.5. The highest BCUT2D eigenvalue weighted by Crippen LogP contribution is 2.32. The molecule has 36 heavy (non-hydrogen) atoms. The number of nitrogens with zero attached hydrogens (tertiary/aromatic N) is 3. The summed E-state index contributed by atoms with van der Waals surface area (Å²) >= 11 is 0. The number of benzene rings is 1. The zero-order chi connectivity index (χ0) is 25.1. The van der Waals surface area contributed by atoms with Crippen LogP contribution in [-0.2, 0) is 11.3 Å². The quantitative estimate of drug-likeness (QED) is 0.478. The summed E-state index contributed by atoms with van der Waals surface area (Å²) in [6.07, 6.45) is 7.30. The smallest absolute Gasteiger partial charge is 0.345 e. The first kappa shape index (κ1) is 24.2. The number of piperazine rings is 1. The first-order valence-corrected chi connectivity index (χ1v) is 13.0. The number of ether oxygens (including phenoxy) is 1. The van der Waals surface area contributed by atoms with E-state index in [1.165, 1.54) is 25.5 Å². The van der Waals surface area contributed by atoms with E-state index in [1.807, 2.05) is 29.2 Å². The average molecular weight is 492 g/mol. The van der Waals surface area contributed by atoms with Gasteiger partial charge in [0.15, 0.2) is 5.76 Å². The number of carbonyl (C=O) groups excluding carboxylic acids is 2. The van der Waals surface area contributed by atoms with Gasteiger partial charge in [-0.25, -0.2) is 4.79 Å². The van der Waals surface area contributed by atoms with Crippen LogP contribution in [0.5, 0.6) is 0 Å². The summed E-state index contributed by atoms with van der Waals surface area (Å²) in [7, 11) is 0. The number of para-hydroxylation sites is 1. The fraction of sp³-hybridized carbons (Fsp3) is 0.464. The Bertz CT molecular complexity index is 1280. The molecule has 8 heteroatoms. The fourth-order valence-corrected chi connectivity index (χ4v) is 5.60. The van der Waals surface area contributed by atoms with E-state index in [9.17, 15) is 14.4 Å². The van der Waals surface area contributed by atoms with Crippen LogP contribution in [0.1, 0.15) is 59.9 Å². The second kappa shape index (κ2) is 10.6. The van der Waals surface area contributed by atoms with Gasteiger partial charge in [-0.2, -0.15) is 0 Å². The predicted molar refractivity (Wildman–Crippen MR) is 138 cm³/mol. The minimum atomic E-state index is -0.588. The normalized spacial score (nSPS) is 16.9. The highest BCUT2D eigenvalue weighted by molar-refractivity contribution is 6.05. The highest BCUT2D eigenvalue weighted by Gasteiger charge is 2.31. The van der Waals surface area contributed by atoms with E-state index in [4.69, 9.17) is 9.15 Å². The van der Waals surface area contributed by atoms with E-state index >= 15 is 0 Å². The number of pyridine rings is 1. The third-order valence-corrected chi connectivity index (χ3v) is 7.41. The van der Waals surface area contributed by atoms with Crippen LogP contribution >= 0.6 is 0 Å². The second-order valence-corrected chi connectivity index (χ2v) is 9.64. The number of aromatic nitrogens is 1. The number of furan rings is 1. The van der Waals surface area contributed by atoms with Gasteiger partial charge < -0.3 is 23.5 Å². The van der Waals surface area contributed by atoms with Crippen LogP contribution < -0.4 is 10.5 Å². The van der Waals surface area contributed by atoms with Crippen molar-refractivity contribution in [1.29, 1.82) is 0 Å². The summed E-state index contributed by atoms with van der Waals surface area (Å²) in [5.41, 5.74) is 1.25. The Morgan fingerprint density at radius 1 is 1.00 bits per heavy atom. The standard InChI is InChI=1S/C28H33N3O5/c1-2-35-28(34)24-25(29-14-16-30(17-15-29)26(32)23-13-8-18-36-23)21-11-6-7-12-22(21)31(27(24)33)19-20-9-4-3-5-10-20/h6-8,11-13,18,20H,2-5,9-10,14-17,19H2,1H3. The molecule has 1 aromatic carbocycles. The maximum atomic E-state index is 13.9. The van der Waals surface area contributed by atoms with Crippen LogP contribution in [0.2, 0.25) is 0 Å². The third-order valence-electron chi connectivity index (χ3n) is 7.41. The minimum Gasteiger partial charge on any atom is -0.462 e. The first-order valence-electron chi connectivity index (χ1n) is 13.0. The van der Waals surface area contributed by atoms with Gasteiger partial charge in [0.05, 0.1) is 24.1 Å². The van der Waals surface area contributed by atoms with Gasteiger partial charge in [0, 0.05) is 38.1 Å². The van der Waals surface area contributed by atoms with E-state index < -0.39 is 5.97 Å². The van der Waals surface area contributed by atoms with Gasteiger partial charge >= 0.3 is 5.97 Å². The van der Waals surface area contributed by atoms with Gasteiger partial charge in [0.25, 0.3) is 11.5 Å². The van der Waals surface area contributed by atoms with E-state index in [2.05, 4.69) is 0 Å². The zero-order valence-corrected chi connectivity index (χ0v) is 20.8. The fourth-order valence-electron chi connectivity index (χ4n) is 5.60. The lowest BCUT2D eigenvalue weighted by Crippen LogP contribution is -2.49. The van der Waals surface area contributed by atoms with Crippen molar-refractivity contribution in [3.63, 3.8) is 0 Å². The van der Waals surface area contributed by atoms with E-state index in [-0.39, 0.29) is 23.6 Å². The Labute approximate surface area is 210 Å². The highest BCUT2D eigenvalue weighted by atomic mass is 16.5. The molecule has 5 rings (SSSR count). The summed E-state index contributed by atoms with van der Waals surface area (Å²) in [5.74, 6) is -0.00362. The maximum absolute atomic E-state index is 13.9. The molecule has 0 radical (unpaired) electrons. The van der Waals surface area contributed by atoms with Crippen molar-refractivity contribution in [3.8, 4) is 0 Å². The lowest BCUT2D eigenvalue weighted by molar-refractivity contribution is 0.0523. The maximum Gasteiger partial charge on any atom is 0.345 e. The van der Waals surface area contributed by atoms with E-state index in [0.29, 0.717) is 50.1 Å². The molecular weight excluding hydrogens is 458 g/mol. The molecule has 8 nitrogen and oxygen atoms in total. The number of rotatable bonds is 6. The molecular formula is C28H33N3O5. The Hall–Kier alpha value is -3.55. The molecule has 0 N–H and O–H groups in total. The van der Waals surface area contributed by atoms with Crippen molar-refractivity contribution in [2.45, 2.75) is 45.6 Å². The molecule has 3 aromatic rings. The molecule has 0 unspecified atom stereocenters. The average Bonchev–Trinajstić information content (AvgIpc) is 3.45. The molecule has 0 bridgehead atoms. The largest absolute Gasteiger partial charge is 0.462 e. The molecule has 0 atom stereocenters. The monoisotopic (exact) mass is 491 g/mol. The number of hydrogen-bond donors (Lipinski definition) is 0. The molecule has 2 fully saturated rings. The van der Waals surface area contributed by atoms with Crippen LogP contribution in [0, 0.1) is 5.92 Å². The molecule has 0 spiro atoms. The van der Waals surface area contributed by atoms with Gasteiger partial charge in [-0.3, -0.25) is 9.59 Å². The lowest BCUT2D eigenvalue weighted by atomic mass is 9.89. The molecule has 3 heterocycles. The Kier molecular flexibility index (Phi) is 7.11. The van der Waals surface area contributed by atoms with Crippen LogP contribution in [0.4, 0.5) is 5.69 Å². The van der Waals surface area contributed by atoms with Crippen LogP contribution in [0.25, 0.3) is 10.9 Å². The van der Waals surface area contributed by atoms with Gasteiger partial charge in [-0.15, -0.1) is 0 Å². The number of esters is 1. The predicted octanol–water partition coefficient (Wildman–Crippen LogP) is 4.31. The van der Waals surface area contributed by atoms with Crippen molar-refractivity contribution < 1.29 is 18.7 Å². The van der Waals surface area contributed by atoms with Crippen molar-refractivity contribution >= 4 is 28.5 Å². The van der Waals surface area contributed by atoms with Gasteiger partial charge in [0.1, 0.15) is 5.56 Å². The van der Waals surface area contributed by atoms with Crippen LogP contribution in [0.15, 0.2) is 51.9 Å². The molecule has 1 aliphatic carbocycles. The van der Waals surface area contributed by atoms with Gasteiger partial charge in [0.2, 0.25) is 0 Å². The summed E-state index contributed by atoms with van der Waals surface area (Å²) in [6, 6.07) is 11.2. The molecule has 1 saturated carbocycles. The number of hydrogen-bond acceptors (Lipinski definition) is 6. The second-order valence-electron chi connectivity index (χ2n) is 9.64. The van der Waals surface area contributed by atoms with E-state index in [0.717, 1.165) is 23.7 Å². The first-order chi connectivity index (χ1) is 17.6. The molecule has 1 aliphatic heterocycles.